The molecule has 1 fully saturated rings. The highest BCUT2D eigenvalue weighted by atomic mass is 19.1. The lowest BCUT2D eigenvalue weighted by Crippen LogP contribution is -2.44. The second-order valence-corrected chi connectivity index (χ2v) is 5.92. The van der Waals surface area contributed by atoms with Gasteiger partial charge in [0.05, 0.1) is 5.69 Å². The molecule has 1 saturated heterocycles. The minimum absolute atomic E-state index is 0.0137. The number of nitrogens with zero attached hydrogens (tertiary/aromatic N) is 3. The second kappa shape index (κ2) is 7.42. The van der Waals surface area contributed by atoms with Gasteiger partial charge in [-0.05, 0) is 25.0 Å². The summed E-state index contributed by atoms with van der Waals surface area (Å²) in [6.07, 6.45) is 2.20. The zero-order valence-corrected chi connectivity index (χ0v) is 13.9. The smallest absolute Gasteiger partial charge is 0.313 e. The van der Waals surface area contributed by atoms with E-state index in [1.54, 1.807) is 6.07 Å². The van der Waals surface area contributed by atoms with Crippen LogP contribution in [0.25, 0.3) is 0 Å². The molecule has 0 saturated carbocycles. The highest BCUT2D eigenvalue weighted by Gasteiger charge is 2.31. The maximum Gasteiger partial charge on any atom is 0.313 e. The molecule has 1 N–H and O–H groups in total. The number of aryl methyl sites for hydroxylation is 1. The van der Waals surface area contributed by atoms with Gasteiger partial charge in [0.1, 0.15) is 5.82 Å². The summed E-state index contributed by atoms with van der Waals surface area (Å²) in [6, 6.07) is 5.73. The van der Waals surface area contributed by atoms with E-state index in [4.69, 9.17) is 4.52 Å². The predicted molar refractivity (Wildman–Crippen MR) is 87.3 cm³/mol. The summed E-state index contributed by atoms with van der Waals surface area (Å²) in [4.78, 5) is 30.3. The third kappa shape index (κ3) is 3.84. The van der Waals surface area contributed by atoms with Crippen LogP contribution in [0, 0.1) is 5.82 Å². The third-order valence-electron chi connectivity index (χ3n) is 4.18. The van der Waals surface area contributed by atoms with E-state index >= 15 is 0 Å². The molecule has 2 amide bonds. The molecular formula is C17H19FN4O3. The first-order valence-electron chi connectivity index (χ1n) is 8.25. The summed E-state index contributed by atoms with van der Waals surface area (Å²) in [6.45, 7) is 2.73. The summed E-state index contributed by atoms with van der Waals surface area (Å²) in [7, 11) is 0. The van der Waals surface area contributed by atoms with Gasteiger partial charge in [0, 0.05) is 25.4 Å². The second-order valence-electron chi connectivity index (χ2n) is 5.92. The molecule has 0 aliphatic carbocycles. The lowest BCUT2D eigenvalue weighted by molar-refractivity contribution is -0.144. The predicted octanol–water partition coefficient (Wildman–Crippen LogP) is 2.12. The van der Waals surface area contributed by atoms with Crippen molar-refractivity contribution in [3.8, 4) is 0 Å². The van der Waals surface area contributed by atoms with Gasteiger partial charge < -0.3 is 14.7 Å². The molecule has 1 aliphatic heterocycles. The minimum Gasteiger partial charge on any atom is -0.339 e. The number of carbonyl (C=O) groups is 2. The molecule has 3 rings (SSSR count). The number of benzene rings is 1. The highest BCUT2D eigenvalue weighted by molar-refractivity contribution is 6.39. The molecule has 1 atom stereocenters. The Morgan fingerprint density at radius 1 is 1.40 bits per heavy atom. The van der Waals surface area contributed by atoms with Crippen molar-refractivity contribution in [2.75, 3.05) is 18.4 Å². The van der Waals surface area contributed by atoms with Gasteiger partial charge in [-0.2, -0.15) is 4.98 Å². The van der Waals surface area contributed by atoms with Crippen molar-refractivity contribution in [2.45, 2.75) is 32.1 Å². The molecule has 1 aliphatic rings. The van der Waals surface area contributed by atoms with Crippen LogP contribution in [0.1, 0.15) is 37.4 Å². The number of anilines is 1. The fraction of sp³-hybridized carbons (Fsp3) is 0.412. The maximum absolute atomic E-state index is 13.6. The summed E-state index contributed by atoms with van der Waals surface area (Å²) < 4.78 is 18.7. The van der Waals surface area contributed by atoms with E-state index in [2.05, 4.69) is 15.5 Å². The number of halogens is 1. The molecular weight excluding hydrogens is 327 g/mol. The van der Waals surface area contributed by atoms with E-state index in [-0.39, 0.29) is 11.6 Å². The van der Waals surface area contributed by atoms with Gasteiger partial charge in [-0.3, -0.25) is 9.59 Å². The van der Waals surface area contributed by atoms with Crippen LogP contribution in [0.15, 0.2) is 28.8 Å². The number of piperidine rings is 1. The number of hydrogen-bond acceptors (Lipinski definition) is 5. The summed E-state index contributed by atoms with van der Waals surface area (Å²) in [5, 5.41) is 6.27. The summed E-state index contributed by atoms with van der Waals surface area (Å²) in [5.74, 6) is -1.08. The fourth-order valence-electron chi connectivity index (χ4n) is 2.83. The Kier molecular flexibility index (Phi) is 5.06. The van der Waals surface area contributed by atoms with Crippen molar-refractivity contribution >= 4 is 17.5 Å². The number of likely N-dealkylation sites (tertiary alicyclic amines) is 1. The average Bonchev–Trinajstić information content (AvgIpc) is 3.12. The van der Waals surface area contributed by atoms with E-state index in [1.807, 2.05) is 6.92 Å². The average molecular weight is 346 g/mol. The van der Waals surface area contributed by atoms with Gasteiger partial charge in [0.25, 0.3) is 0 Å². The van der Waals surface area contributed by atoms with Crippen molar-refractivity contribution in [1.82, 2.24) is 15.0 Å². The molecule has 8 heteroatoms. The highest BCUT2D eigenvalue weighted by Crippen LogP contribution is 2.25. The Morgan fingerprint density at radius 3 is 2.92 bits per heavy atom. The molecule has 132 valence electrons. The first-order chi connectivity index (χ1) is 12.1. The molecule has 25 heavy (non-hydrogen) atoms. The molecule has 1 aromatic carbocycles. The first kappa shape index (κ1) is 17.1. The summed E-state index contributed by atoms with van der Waals surface area (Å²) in [5.41, 5.74) is -0.0137. The van der Waals surface area contributed by atoms with Crippen LogP contribution in [0.3, 0.4) is 0 Å². The molecule has 7 nitrogen and oxygen atoms in total. The molecule has 0 bridgehead atoms. The molecule has 0 radical (unpaired) electrons. The quantitative estimate of drug-likeness (QED) is 0.860. The minimum atomic E-state index is -0.854. The van der Waals surface area contributed by atoms with Crippen LogP contribution < -0.4 is 5.32 Å². The number of carbonyl (C=O) groups excluding carboxylic acids is 2. The van der Waals surface area contributed by atoms with Crippen molar-refractivity contribution in [1.29, 1.82) is 0 Å². The van der Waals surface area contributed by atoms with E-state index < -0.39 is 17.6 Å². The number of rotatable bonds is 3. The van der Waals surface area contributed by atoms with E-state index in [1.165, 1.54) is 23.1 Å². The largest absolute Gasteiger partial charge is 0.339 e. The van der Waals surface area contributed by atoms with E-state index in [9.17, 15) is 14.0 Å². The zero-order valence-electron chi connectivity index (χ0n) is 13.9. The Hall–Kier alpha value is -2.77. The molecule has 1 aromatic heterocycles. The fourth-order valence-corrected chi connectivity index (χ4v) is 2.83. The van der Waals surface area contributed by atoms with Crippen molar-refractivity contribution in [3.63, 3.8) is 0 Å². The van der Waals surface area contributed by atoms with Crippen molar-refractivity contribution in [2.24, 2.45) is 0 Å². The number of nitrogens with one attached hydrogen (secondary N) is 1. The number of aromatic nitrogens is 2. The van der Waals surface area contributed by atoms with Gasteiger partial charge in [-0.25, -0.2) is 4.39 Å². The van der Waals surface area contributed by atoms with Crippen LogP contribution >= 0.6 is 0 Å². The third-order valence-corrected chi connectivity index (χ3v) is 4.18. The monoisotopic (exact) mass is 346 g/mol. The van der Waals surface area contributed by atoms with Gasteiger partial charge in [0.15, 0.2) is 5.82 Å². The topological polar surface area (TPSA) is 88.3 Å². The number of hydrogen-bond donors (Lipinski definition) is 1. The summed E-state index contributed by atoms with van der Waals surface area (Å²) >= 11 is 0. The molecule has 0 unspecified atom stereocenters. The molecule has 2 aromatic rings. The zero-order chi connectivity index (χ0) is 17.8. The number of amides is 2. The Labute approximate surface area is 144 Å². The standard InChI is InChI=1S/C17H19FN4O3/c1-2-14-20-15(21-25-14)11-6-5-9-22(10-11)17(24)16(23)19-13-8-4-3-7-12(13)18/h3-4,7-8,11H,2,5-6,9-10H2,1H3,(H,19,23)/t11-/m1/s1. The molecule has 0 spiro atoms. The van der Waals surface area contributed by atoms with Crippen LogP contribution in [0.4, 0.5) is 10.1 Å². The van der Waals surface area contributed by atoms with Gasteiger partial charge >= 0.3 is 11.8 Å². The lowest BCUT2D eigenvalue weighted by atomic mass is 9.97. The van der Waals surface area contributed by atoms with Crippen LogP contribution in [0.5, 0.6) is 0 Å². The van der Waals surface area contributed by atoms with Crippen molar-refractivity contribution in [3.05, 3.63) is 41.8 Å². The SMILES string of the molecule is CCc1nc([C@@H]2CCCN(C(=O)C(=O)Nc3ccccc3F)C2)no1. The molecule has 2 heterocycles. The van der Waals surface area contributed by atoms with Gasteiger partial charge in [0.2, 0.25) is 5.89 Å². The van der Waals surface area contributed by atoms with E-state index in [0.717, 1.165) is 12.8 Å². The van der Waals surface area contributed by atoms with Crippen molar-refractivity contribution < 1.29 is 18.5 Å². The normalized spacial score (nSPS) is 17.4. The Morgan fingerprint density at radius 2 is 2.20 bits per heavy atom. The van der Waals surface area contributed by atoms with Crippen LogP contribution in [0.2, 0.25) is 0 Å². The number of para-hydroxylation sites is 1. The van der Waals surface area contributed by atoms with Crippen LogP contribution in [-0.4, -0.2) is 39.9 Å². The van der Waals surface area contributed by atoms with Gasteiger partial charge in [-0.1, -0.05) is 24.2 Å². The van der Waals surface area contributed by atoms with Crippen LogP contribution in [-0.2, 0) is 16.0 Å². The van der Waals surface area contributed by atoms with E-state index in [0.29, 0.717) is 31.2 Å². The Balaban J connectivity index is 1.65. The first-order valence-corrected chi connectivity index (χ1v) is 8.25. The maximum atomic E-state index is 13.6. The Bertz CT molecular complexity index is 777. The van der Waals surface area contributed by atoms with Gasteiger partial charge in [-0.15, -0.1) is 0 Å². The lowest BCUT2D eigenvalue weighted by Gasteiger charge is -2.30.